The highest BCUT2D eigenvalue weighted by atomic mass is 35.5. The van der Waals surface area contributed by atoms with Crippen LogP contribution in [0.25, 0.3) is 0 Å². The van der Waals surface area contributed by atoms with Gasteiger partial charge in [0.25, 0.3) is 0 Å². The first-order valence-corrected chi connectivity index (χ1v) is 8.25. The number of amides is 1. The molecule has 0 aliphatic heterocycles. The van der Waals surface area contributed by atoms with E-state index in [0.717, 1.165) is 12.2 Å². The first-order chi connectivity index (χ1) is 9.43. The van der Waals surface area contributed by atoms with E-state index in [2.05, 4.69) is 18.5 Å². The van der Waals surface area contributed by atoms with Crippen molar-refractivity contribution in [3.63, 3.8) is 0 Å². The van der Waals surface area contributed by atoms with Gasteiger partial charge in [-0.1, -0.05) is 11.6 Å². The molecule has 0 saturated heterocycles. The Labute approximate surface area is 130 Å². The summed E-state index contributed by atoms with van der Waals surface area (Å²) in [5.74, 6) is 1.02. The Morgan fingerprint density at radius 2 is 2.25 bits per heavy atom. The van der Waals surface area contributed by atoms with Gasteiger partial charge in [-0.3, -0.25) is 9.69 Å². The van der Waals surface area contributed by atoms with Gasteiger partial charge < -0.3 is 11.1 Å². The molecule has 6 heteroatoms. The number of carbonyl (C=O) groups excluding carboxylic acids is 1. The van der Waals surface area contributed by atoms with Crippen LogP contribution in [-0.2, 0) is 4.79 Å². The zero-order chi connectivity index (χ0) is 15.1. The predicted molar refractivity (Wildman–Crippen MR) is 89.6 cm³/mol. The van der Waals surface area contributed by atoms with Gasteiger partial charge in [-0.15, -0.1) is 0 Å². The molecule has 4 nitrogen and oxygen atoms in total. The zero-order valence-electron chi connectivity index (χ0n) is 12.1. The zero-order valence-corrected chi connectivity index (χ0v) is 13.7. The fourth-order valence-corrected chi connectivity index (χ4v) is 2.53. The molecule has 1 rings (SSSR count). The molecular weight excluding hydrogens is 294 g/mol. The SMILES string of the molecule is CSCCC(C)N(C)CC(=O)Nc1ccc(N)cc1Cl. The summed E-state index contributed by atoms with van der Waals surface area (Å²) >= 11 is 7.85. The number of nitrogen functional groups attached to an aromatic ring is 1. The van der Waals surface area contributed by atoms with Gasteiger partial charge in [0.2, 0.25) is 5.91 Å². The van der Waals surface area contributed by atoms with E-state index >= 15 is 0 Å². The number of nitrogens with two attached hydrogens (primary N) is 1. The Bertz CT molecular complexity index is 456. The van der Waals surface area contributed by atoms with Gasteiger partial charge in [-0.2, -0.15) is 11.8 Å². The van der Waals surface area contributed by atoms with E-state index in [9.17, 15) is 4.79 Å². The molecule has 0 aliphatic rings. The van der Waals surface area contributed by atoms with Crippen LogP contribution < -0.4 is 11.1 Å². The Morgan fingerprint density at radius 1 is 1.55 bits per heavy atom. The number of nitrogens with zero attached hydrogens (tertiary/aromatic N) is 1. The second kappa shape index (κ2) is 8.39. The molecule has 0 saturated carbocycles. The topological polar surface area (TPSA) is 58.4 Å². The average Bonchev–Trinajstić information content (AvgIpc) is 2.39. The number of benzene rings is 1. The number of anilines is 2. The molecule has 0 spiro atoms. The van der Waals surface area contributed by atoms with Gasteiger partial charge in [-0.25, -0.2) is 0 Å². The van der Waals surface area contributed by atoms with Gasteiger partial charge in [0.1, 0.15) is 0 Å². The second-order valence-corrected chi connectivity index (χ2v) is 6.23. The maximum absolute atomic E-state index is 12.0. The lowest BCUT2D eigenvalue weighted by Crippen LogP contribution is -2.36. The van der Waals surface area contributed by atoms with E-state index in [4.69, 9.17) is 17.3 Å². The van der Waals surface area contributed by atoms with Gasteiger partial charge in [0, 0.05) is 11.7 Å². The minimum Gasteiger partial charge on any atom is -0.399 e. The molecule has 1 atom stereocenters. The second-order valence-electron chi connectivity index (χ2n) is 4.83. The van der Waals surface area contributed by atoms with Crippen molar-refractivity contribution < 1.29 is 4.79 Å². The van der Waals surface area contributed by atoms with Crippen LogP contribution in [0.15, 0.2) is 18.2 Å². The van der Waals surface area contributed by atoms with Gasteiger partial charge in [-0.05, 0) is 50.6 Å². The highest BCUT2D eigenvalue weighted by Crippen LogP contribution is 2.23. The van der Waals surface area contributed by atoms with Crippen LogP contribution in [0.5, 0.6) is 0 Å². The molecule has 0 heterocycles. The Kier molecular flexibility index (Phi) is 7.19. The number of carbonyl (C=O) groups is 1. The molecule has 1 aromatic rings. The highest BCUT2D eigenvalue weighted by Gasteiger charge is 2.13. The summed E-state index contributed by atoms with van der Waals surface area (Å²) in [6, 6.07) is 5.43. The number of thioether (sulfide) groups is 1. The van der Waals surface area contributed by atoms with E-state index in [1.165, 1.54) is 0 Å². The first kappa shape index (κ1) is 17.1. The van der Waals surface area contributed by atoms with Crippen LogP contribution >= 0.6 is 23.4 Å². The monoisotopic (exact) mass is 315 g/mol. The summed E-state index contributed by atoms with van der Waals surface area (Å²) in [6.45, 7) is 2.47. The largest absolute Gasteiger partial charge is 0.399 e. The van der Waals surface area contributed by atoms with Crippen molar-refractivity contribution in [2.75, 3.05) is 36.7 Å². The van der Waals surface area contributed by atoms with Crippen LogP contribution in [0.2, 0.25) is 5.02 Å². The van der Waals surface area contributed by atoms with Crippen molar-refractivity contribution >= 4 is 40.6 Å². The molecule has 0 aliphatic carbocycles. The van der Waals surface area contributed by atoms with Crippen molar-refractivity contribution in [2.45, 2.75) is 19.4 Å². The number of nitrogens with one attached hydrogen (secondary N) is 1. The molecule has 1 unspecified atom stereocenters. The molecule has 112 valence electrons. The summed E-state index contributed by atoms with van der Waals surface area (Å²) in [5.41, 5.74) is 6.79. The molecular formula is C14H22ClN3OS. The van der Waals surface area contributed by atoms with Crippen LogP contribution in [0, 0.1) is 0 Å². The molecule has 20 heavy (non-hydrogen) atoms. The molecule has 0 fully saturated rings. The molecule has 1 amide bonds. The molecule has 0 radical (unpaired) electrons. The summed E-state index contributed by atoms with van der Waals surface area (Å²) in [4.78, 5) is 14.0. The third-order valence-corrected chi connectivity index (χ3v) is 4.11. The average molecular weight is 316 g/mol. The number of halogens is 1. The predicted octanol–water partition coefficient (Wildman–Crippen LogP) is 2.93. The summed E-state index contributed by atoms with van der Waals surface area (Å²) < 4.78 is 0. The van der Waals surface area contributed by atoms with Crippen LogP contribution in [0.4, 0.5) is 11.4 Å². The lowest BCUT2D eigenvalue weighted by molar-refractivity contribution is -0.117. The van der Waals surface area contributed by atoms with Crippen molar-refractivity contribution in [3.8, 4) is 0 Å². The Balaban J connectivity index is 2.50. The number of hydrogen-bond acceptors (Lipinski definition) is 4. The summed E-state index contributed by atoms with van der Waals surface area (Å²) in [5, 5.41) is 3.26. The summed E-state index contributed by atoms with van der Waals surface area (Å²) in [6.07, 6.45) is 3.15. The maximum atomic E-state index is 12.0. The lowest BCUT2D eigenvalue weighted by Gasteiger charge is -2.23. The normalized spacial score (nSPS) is 12.4. The molecule has 0 aromatic heterocycles. The van der Waals surface area contributed by atoms with Gasteiger partial charge in [0.15, 0.2) is 0 Å². The van der Waals surface area contributed by atoms with Crippen molar-refractivity contribution in [1.29, 1.82) is 0 Å². The van der Waals surface area contributed by atoms with E-state index in [-0.39, 0.29) is 5.91 Å². The maximum Gasteiger partial charge on any atom is 0.238 e. The standard InChI is InChI=1S/C14H22ClN3OS/c1-10(6-7-20-3)18(2)9-14(19)17-13-5-4-11(16)8-12(13)15/h4-5,8,10H,6-7,9,16H2,1-3H3,(H,17,19). The number of hydrogen-bond donors (Lipinski definition) is 2. The minimum atomic E-state index is -0.0739. The molecule has 3 N–H and O–H groups in total. The molecule has 1 aromatic carbocycles. The van der Waals surface area contributed by atoms with Crippen molar-refractivity contribution in [2.24, 2.45) is 0 Å². The Hall–Kier alpha value is -0.910. The van der Waals surface area contributed by atoms with Crippen LogP contribution in [-0.4, -0.2) is 42.4 Å². The minimum absolute atomic E-state index is 0.0739. The van der Waals surface area contributed by atoms with Crippen molar-refractivity contribution in [1.82, 2.24) is 4.90 Å². The number of rotatable bonds is 7. The third-order valence-electron chi connectivity index (χ3n) is 3.15. The van der Waals surface area contributed by atoms with E-state index in [1.54, 1.807) is 18.2 Å². The van der Waals surface area contributed by atoms with E-state index in [0.29, 0.717) is 29.0 Å². The Morgan fingerprint density at radius 3 is 2.85 bits per heavy atom. The fourth-order valence-electron chi connectivity index (χ4n) is 1.71. The lowest BCUT2D eigenvalue weighted by atomic mass is 10.2. The first-order valence-electron chi connectivity index (χ1n) is 6.48. The van der Waals surface area contributed by atoms with Gasteiger partial charge in [0.05, 0.1) is 17.3 Å². The van der Waals surface area contributed by atoms with Crippen LogP contribution in [0.1, 0.15) is 13.3 Å². The fraction of sp³-hybridized carbons (Fsp3) is 0.500. The van der Waals surface area contributed by atoms with Crippen molar-refractivity contribution in [3.05, 3.63) is 23.2 Å². The molecule has 0 bridgehead atoms. The third kappa shape index (κ3) is 5.61. The highest BCUT2D eigenvalue weighted by molar-refractivity contribution is 7.98. The van der Waals surface area contributed by atoms with Crippen LogP contribution in [0.3, 0.4) is 0 Å². The van der Waals surface area contributed by atoms with E-state index < -0.39 is 0 Å². The summed E-state index contributed by atoms with van der Waals surface area (Å²) in [7, 11) is 1.95. The smallest absolute Gasteiger partial charge is 0.238 e. The quantitative estimate of drug-likeness (QED) is 0.760. The van der Waals surface area contributed by atoms with Gasteiger partial charge >= 0.3 is 0 Å². The van der Waals surface area contributed by atoms with E-state index in [1.807, 2.05) is 23.7 Å². The number of likely N-dealkylation sites (N-methyl/N-ethyl adjacent to an activating group) is 1.